The van der Waals surface area contributed by atoms with Crippen LogP contribution in [-0.2, 0) is 27.5 Å². The van der Waals surface area contributed by atoms with Crippen molar-refractivity contribution in [3.8, 4) is 5.75 Å². The zero-order chi connectivity index (χ0) is 25.8. The van der Waals surface area contributed by atoms with Crippen LogP contribution in [0, 0.1) is 0 Å². The molecule has 0 aliphatic rings. The molecule has 36 heavy (non-hydrogen) atoms. The number of anilines is 1. The molecule has 2 heterocycles. The molecule has 0 atom stereocenters. The number of rotatable bonds is 12. The van der Waals surface area contributed by atoms with E-state index in [0.29, 0.717) is 17.0 Å². The summed E-state index contributed by atoms with van der Waals surface area (Å²) in [5.74, 6) is 0.372. The van der Waals surface area contributed by atoms with Gasteiger partial charge in [-0.15, -0.1) is 0 Å². The number of methoxy groups -OCH3 is 1. The average molecular weight is 526 g/mol. The molecule has 0 saturated carbocycles. The normalized spacial score (nSPS) is 10.4. The van der Waals surface area contributed by atoms with Gasteiger partial charge in [-0.05, 0) is 35.9 Å². The van der Waals surface area contributed by atoms with Crippen LogP contribution < -0.4 is 20.7 Å². The minimum Gasteiger partial charge on any atom is -0.496 e. The summed E-state index contributed by atoms with van der Waals surface area (Å²) < 4.78 is 5.48. The van der Waals surface area contributed by atoms with Crippen LogP contribution >= 0.6 is 23.5 Å². The number of amides is 3. The second-order valence-corrected chi connectivity index (χ2v) is 9.46. The van der Waals surface area contributed by atoms with Crippen molar-refractivity contribution < 1.29 is 19.1 Å². The van der Waals surface area contributed by atoms with Crippen LogP contribution in [-0.4, -0.2) is 46.3 Å². The highest BCUT2D eigenvalue weighted by Gasteiger charge is 2.14. The van der Waals surface area contributed by atoms with Gasteiger partial charge >= 0.3 is 0 Å². The number of aromatic nitrogens is 2. The Balaban J connectivity index is 1.63. The van der Waals surface area contributed by atoms with E-state index in [4.69, 9.17) is 4.74 Å². The summed E-state index contributed by atoms with van der Waals surface area (Å²) in [7, 11) is 1.52. The highest BCUT2D eigenvalue weighted by Crippen LogP contribution is 2.28. The van der Waals surface area contributed by atoms with Gasteiger partial charge in [-0.2, -0.15) is 0 Å². The Morgan fingerprint density at radius 1 is 0.833 bits per heavy atom. The van der Waals surface area contributed by atoms with E-state index in [-0.39, 0.29) is 42.3 Å². The fourth-order valence-electron chi connectivity index (χ4n) is 3.09. The summed E-state index contributed by atoms with van der Waals surface area (Å²) >= 11 is 2.68. The Morgan fingerprint density at radius 2 is 1.39 bits per heavy atom. The predicted molar refractivity (Wildman–Crippen MR) is 141 cm³/mol. The van der Waals surface area contributed by atoms with E-state index in [9.17, 15) is 14.4 Å². The molecule has 0 bridgehead atoms. The van der Waals surface area contributed by atoms with Crippen LogP contribution in [0.4, 0.5) is 5.69 Å². The number of carbonyl (C=O) groups is 3. The largest absolute Gasteiger partial charge is 0.496 e. The third-order valence-corrected chi connectivity index (χ3v) is 6.63. The highest BCUT2D eigenvalue weighted by atomic mass is 32.2. The van der Waals surface area contributed by atoms with Crippen LogP contribution in [0.1, 0.15) is 18.1 Å². The zero-order valence-electron chi connectivity index (χ0n) is 19.9. The molecule has 3 N–H and O–H groups in total. The first kappa shape index (κ1) is 27.0. The molecule has 0 radical (unpaired) electrons. The van der Waals surface area contributed by atoms with Crippen molar-refractivity contribution in [3.05, 3.63) is 72.1 Å². The van der Waals surface area contributed by atoms with Crippen molar-refractivity contribution in [1.82, 2.24) is 20.6 Å². The van der Waals surface area contributed by atoms with Crippen LogP contribution in [0.25, 0.3) is 0 Å². The molecule has 0 unspecified atom stereocenters. The van der Waals surface area contributed by atoms with Gasteiger partial charge in [0.2, 0.25) is 17.7 Å². The number of benzene rings is 1. The second-order valence-electron chi connectivity index (χ2n) is 7.47. The fraction of sp³-hybridized carbons (Fsp3) is 0.240. The van der Waals surface area contributed by atoms with E-state index >= 15 is 0 Å². The van der Waals surface area contributed by atoms with Crippen LogP contribution in [0.5, 0.6) is 5.75 Å². The predicted octanol–water partition coefficient (Wildman–Crippen LogP) is 3.26. The molecular formula is C25H27N5O4S2. The van der Waals surface area contributed by atoms with E-state index in [1.54, 1.807) is 18.5 Å². The van der Waals surface area contributed by atoms with E-state index in [1.165, 1.54) is 37.6 Å². The summed E-state index contributed by atoms with van der Waals surface area (Å²) in [5, 5.41) is 10.1. The van der Waals surface area contributed by atoms with Crippen LogP contribution in [0.2, 0.25) is 0 Å². The van der Waals surface area contributed by atoms with Crippen molar-refractivity contribution in [2.24, 2.45) is 0 Å². The summed E-state index contributed by atoms with van der Waals surface area (Å²) in [5.41, 5.74) is 1.93. The lowest BCUT2D eigenvalue weighted by atomic mass is 10.1. The number of hydrogen-bond donors (Lipinski definition) is 3. The molecule has 0 aliphatic carbocycles. The summed E-state index contributed by atoms with van der Waals surface area (Å²) in [6, 6.07) is 14.5. The molecule has 0 spiro atoms. The van der Waals surface area contributed by atoms with Gasteiger partial charge in [0, 0.05) is 49.7 Å². The third-order valence-electron chi connectivity index (χ3n) is 4.75. The Hall–Kier alpha value is -3.57. The molecule has 3 aromatic rings. The summed E-state index contributed by atoms with van der Waals surface area (Å²) in [6.45, 7) is 1.82. The van der Waals surface area contributed by atoms with E-state index in [1.807, 2.05) is 42.5 Å². The topological polar surface area (TPSA) is 122 Å². The lowest BCUT2D eigenvalue weighted by Gasteiger charge is -2.17. The number of ether oxygens (including phenoxy) is 1. The van der Waals surface area contributed by atoms with E-state index < -0.39 is 0 Å². The van der Waals surface area contributed by atoms with Crippen molar-refractivity contribution in [3.63, 3.8) is 0 Å². The Labute approximate surface area is 218 Å². The quantitative estimate of drug-likeness (QED) is 0.308. The maximum absolute atomic E-state index is 12.4. The van der Waals surface area contributed by atoms with Gasteiger partial charge < -0.3 is 20.7 Å². The van der Waals surface area contributed by atoms with E-state index in [0.717, 1.165) is 15.6 Å². The van der Waals surface area contributed by atoms with Gasteiger partial charge in [-0.1, -0.05) is 35.7 Å². The molecule has 1 aromatic carbocycles. The second kappa shape index (κ2) is 14.1. The first-order chi connectivity index (χ1) is 17.4. The highest BCUT2D eigenvalue weighted by molar-refractivity contribution is 8.00. The smallest absolute Gasteiger partial charge is 0.230 e. The number of carbonyl (C=O) groups excluding carboxylic acids is 3. The molecule has 0 aliphatic heterocycles. The molecule has 3 amide bonds. The molecule has 0 fully saturated rings. The minimum atomic E-state index is -0.247. The maximum Gasteiger partial charge on any atom is 0.230 e. The van der Waals surface area contributed by atoms with Gasteiger partial charge in [-0.25, -0.2) is 9.97 Å². The number of hydrogen-bond acceptors (Lipinski definition) is 8. The Kier molecular flexibility index (Phi) is 10.6. The lowest BCUT2D eigenvalue weighted by Crippen LogP contribution is -2.26. The third kappa shape index (κ3) is 8.90. The van der Waals surface area contributed by atoms with Crippen LogP contribution in [0.3, 0.4) is 0 Å². The van der Waals surface area contributed by atoms with Gasteiger partial charge in [0.1, 0.15) is 5.75 Å². The standard InChI is InChI=1S/C25H27N5O4S2/c1-17(31)30-20-12-21(34-2)19(14-29-23(33)16-36-25-8-4-6-10-27-25)11-18(20)13-28-22(32)15-35-24-7-3-5-9-26-24/h3-12H,13-16H2,1-2H3,(H,28,32)(H,29,33)(H,30,31). The van der Waals surface area contributed by atoms with Crippen molar-refractivity contribution >= 4 is 46.9 Å². The Morgan fingerprint density at radius 3 is 1.86 bits per heavy atom. The number of pyridine rings is 2. The SMILES string of the molecule is COc1cc(NC(C)=O)c(CNC(=O)CSc2ccccn2)cc1CNC(=O)CSc1ccccn1. The average Bonchev–Trinajstić information content (AvgIpc) is 2.89. The number of thioether (sulfide) groups is 2. The molecule has 11 heteroatoms. The first-order valence-electron chi connectivity index (χ1n) is 11.0. The molecule has 188 valence electrons. The van der Waals surface area contributed by atoms with Crippen molar-refractivity contribution in [2.75, 3.05) is 23.9 Å². The van der Waals surface area contributed by atoms with Crippen molar-refractivity contribution in [1.29, 1.82) is 0 Å². The maximum atomic E-state index is 12.4. The van der Waals surface area contributed by atoms with Gasteiger partial charge in [-0.3, -0.25) is 14.4 Å². The lowest BCUT2D eigenvalue weighted by molar-refractivity contribution is -0.119. The molecule has 2 aromatic heterocycles. The summed E-state index contributed by atoms with van der Waals surface area (Å²) in [6.07, 6.45) is 3.36. The van der Waals surface area contributed by atoms with Gasteiger partial charge in [0.25, 0.3) is 0 Å². The monoisotopic (exact) mass is 525 g/mol. The molecular weight excluding hydrogens is 498 g/mol. The number of nitrogens with zero attached hydrogens (tertiary/aromatic N) is 2. The van der Waals surface area contributed by atoms with Crippen LogP contribution in [0.15, 0.2) is 71.0 Å². The first-order valence-corrected chi connectivity index (χ1v) is 13.0. The number of nitrogens with one attached hydrogen (secondary N) is 3. The summed E-state index contributed by atoms with van der Waals surface area (Å²) in [4.78, 5) is 44.9. The zero-order valence-corrected chi connectivity index (χ0v) is 21.6. The Bertz CT molecular complexity index is 1180. The molecule has 3 rings (SSSR count). The van der Waals surface area contributed by atoms with Gasteiger partial charge in [0.05, 0.1) is 28.7 Å². The van der Waals surface area contributed by atoms with E-state index in [2.05, 4.69) is 25.9 Å². The van der Waals surface area contributed by atoms with Gasteiger partial charge in [0.15, 0.2) is 0 Å². The molecule has 9 nitrogen and oxygen atoms in total. The van der Waals surface area contributed by atoms with Crippen molar-refractivity contribution in [2.45, 2.75) is 30.1 Å². The fourth-order valence-corrected chi connectivity index (χ4v) is 4.47. The molecule has 0 saturated heterocycles. The minimum absolute atomic E-state index is 0.153.